The van der Waals surface area contributed by atoms with Gasteiger partial charge in [0.2, 0.25) is 10.0 Å². The van der Waals surface area contributed by atoms with Crippen LogP contribution in [-0.2, 0) is 10.0 Å². The summed E-state index contributed by atoms with van der Waals surface area (Å²) in [6.45, 7) is 1.94. The predicted octanol–water partition coefficient (Wildman–Crippen LogP) is 2.36. The fourth-order valence-corrected chi connectivity index (χ4v) is 3.03. The van der Waals surface area contributed by atoms with E-state index in [1.54, 1.807) is 12.1 Å². The Balaban J connectivity index is 1.91. The van der Waals surface area contributed by atoms with Crippen molar-refractivity contribution in [3.05, 3.63) is 29.8 Å². The van der Waals surface area contributed by atoms with E-state index < -0.39 is 10.0 Å². The van der Waals surface area contributed by atoms with Gasteiger partial charge in [-0.2, -0.15) is 0 Å². The van der Waals surface area contributed by atoms with E-state index >= 15 is 0 Å². The third-order valence-corrected chi connectivity index (χ3v) is 4.83. The van der Waals surface area contributed by atoms with Crippen LogP contribution in [0, 0.1) is 5.92 Å². The van der Waals surface area contributed by atoms with Crippen LogP contribution in [0.5, 0.6) is 0 Å². The first-order valence-electron chi connectivity index (χ1n) is 6.60. The molecule has 1 fully saturated rings. The molecule has 1 aliphatic rings. The van der Waals surface area contributed by atoms with Crippen LogP contribution < -0.4 is 4.72 Å². The molecule has 0 atom stereocenters. The Hall–Kier alpha value is -1.20. The van der Waals surface area contributed by atoms with Crippen molar-refractivity contribution in [3.8, 4) is 0 Å². The van der Waals surface area contributed by atoms with Crippen molar-refractivity contribution in [2.45, 2.75) is 37.5 Å². The first kappa shape index (κ1) is 14.2. The molecule has 0 unspecified atom stereocenters. The maximum atomic E-state index is 12.0. The maximum absolute atomic E-state index is 12.0. The second-order valence-corrected chi connectivity index (χ2v) is 6.83. The summed E-state index contributed by atoms with van der Waals surface area (Å²) in [5.74, 6) is 0.751. The molecule has 5 heteroatoms. The van der Waals surface area contributed by atoms with Gasteiger partial charge in [-0.05, 0) is 37.8 Å². The molecule has 0 spiro atoms. The second-order valence-electron chi connectivity index (χ2n) is 5.06. The first-order chi connectivity index (χ1) is 8.99. The second kappa shape index (κ2) is 5.84. The molecule has 4 nitrogen and oxygen atoms in total. The summed E-state index contributed by atoms with van der Waals surface area (Å²) >= 11 is 0. The summed E-state index contributed by atoms with van der Waals surface area (Å²) < 4.78 is 26.5. The Morgan fingerprint density at radius 3 is 2.42 bits per heavy atom. The highest BCUT2D eigenvalue weighted by atomic mass is 32.2. The van der Waals surface area contributed by atoms with Gasteiger partial charge in [0, 0.05) is 12.1 Å². The molecule has 0 aromatic heterocycles. The molecule has 19 heavy (non-hydrogen) atoms. The number of carbonyl (C=O) groups is 1. The minimum Gasteiger partial charge on any atom is -0.295 e. The van der Waals surface area contributed by atoms with Crippen molar-refractivity contribution in [3.63, 3.8) is 0 Å². The van der Waals surface area contributed by atoms with E-state index in [1.165, 1.54) is 31.9 Å². The number of hydrogen-bond donors (Lipinski definition) is 1. The van der Waals surface area contributed by atoms with Gasteiger partial charge in [0.05, 0.1) is 4.90 Å². The molecule has 0 saturated heterocycles. The number of hydrogen-bond acceptors (Lipinski definition) is 3. The van der Waals surface area contributed by atoms with Gasteiger partial charge >= 0.3 is 0 Å². The highest BCUT2D eigenvalue weighted by Crippen LogP contribution is 2.33. The van der Waals surface area contributed by atoms with Crippen molar-refractivity contribution in [1.29, 1.82) is 0 Å². The van der Waals surface area contributed by atoms with Crippen LogP contribution in [0.3, 0.4) is 0 Å². The lowest BCUT2D eigenvalue weighted by atomic mass is 10.2. The monoisotopic (exact) mass is 281 g/mol. The molecule has 0 radical (unpaired) electrons. The lowest BCUT2D eigenvalue weighted by Gasteiger charge is -2.07. The van der Waals surface area contributed by atoms with Crippen LogP contribution in [0.1, 0.15) is 43.0 Å². The Morgan fingerprint density at radius 2 is 1.89 bits per heavy atom. The minimum absolute atomic E-state index is 0.0682. The standard InChI is InChI=1S/C14H19NO3S/c1-11(16)13-6-8-14(9-7-13)19(17,18)15-10-2-3-12-4-5-12/h6-9,12,15H,2-5,10H2,1H3. The molecule has 1 aromatic rings. The Kier molecular flexibility index (Phi) is 4.37. The SMILES string of the molecule is CC(=O)c1ccc(S(=O)(=O)NCCCC2CC2)cc1. The van der Waals surface area contributed by atoms with Crippen LogP contribution in [-0.4, -0.2) is 20.7 Å². The van der Waals surface area contributed by atoms with Gasteiger partial charge in [-0.15, -0.1) is 0 Å². The smallest absolute Gasteiger partial charge is 0.240 e. The van der Waals surface area contributed by atoms with E-state index in [9.17, 15) is 13.2 Å². The zero-order chi connectivity index (χ0) is 13.9. The van der Waals surface area contributed by atoms with Crippen LogP contribution in [0.4, 0.5) is 0 Å². The van der Waals surface area contributed by atoms with Crippen molar-refractivity contribution in [2.24, 2.45) is 5.92 Å². The van der Waals surface area contributed by atoms with E-state index in [2.05, 4.69) is 4.72 Å². The molecule has 2 rings (SSSR count). The van der Waals surface area contributed by atoms with E-state index in [-0.39, 0.29) is 10.7 Å². The van der Waals surface area contributed by atoms with E-state index in [4.69, 9.17) is 0 Å². The summed E-state index contributed by atoms with van der Waals surface area (Å²) in [6.07, 6.45) is 4.57. The topological polar surface area (TPSA) is 63.2 Å². The number of benzene rings is 1. The van der Waals surface area contributed by atoms with Gasteiger partial charge in [0.15, 0.2) is 5.78 Å². The fourth-order valence-electron chi connectivity index (χ4n) is 1.96. The van der Waals surface area contributed by atoms with Gasteiger partial charge < -0.3 is 0 Å². The van der Waals surface area contributed by atoms with E-state index in [0.29, 0.717) is 12.1 Å². The van der Waals surface area contributed by atoms with Crippen molar-refractivity contribution >= 4 is 15.8 Å². The van der Waals surface area contributed by atoms with E-state index in [1.807, 2.05) is 0 Å². The summed E-state index contributed by atoms with van der Waals surface area (Å²) in [6, 6.07) is 6.03. The van der Waals surface area contributed by atoms with Crippen molar-refractivity contribution in [2.75, 3.05) is 6.54 Å². The predicted molar refractivity (Wildman–Crippen MR) is 73.6 cm³/mol. The minimum atomic E-state index is -3.44. The van der Waals surface area contributed by atoms with Gasteiger partial charge in [-0.1, -0.05) is 25.0 Å². The van der Waals surface area contributed by atoms with Crippen LogP contribution in [0.25, 0.3) is 0 Å². The Bertz CT molecular complexity index is 545. The van der Waals surface area contributed by atoms with Crippen molar-refractivity contribution < 1.29 is 13.2 Å². The molecule has 0 amide bonds. The lowest BCUT2D eigenvalue weighted by Crippen LogP contribution is -2.24. The largest absolute Gasteiger partial charge is 0.295 e. The fraction of sp³-hybridized carbons (Fsp3) is 0.500. The molecule has 1 aromatic carbocycles. The summed E-state index contributed by atoms with van der Waals surface area (Å²) in [7, 11) is -3.44. The van der Waals surface area contributed by atoms with Gasteiger partial charge in [0.25, 0.3) is 0 Å². The zero-order valence-electron chi connectivity index (χ0n) is 11.1. The van der Waals surface area contributed by atoms with Crippen molar-refractivity contribution in [1.82, 2.24) is 4.72 Å². The number of ketones is 1. The number of Topliss-reactive ketones (excluding diaryl/α,β-unsaturated/α-hetero) is 1. The number of nitrogens with one attached hydrogen (secondary N) is 1. The Morgan fingerprint density at radius 1 is 1.26 bits per heavy atom. The molecule has 1 aliphatic carbocycles. The molecular formula is C14H19NO3S. The van der Waals surface area contributed by atoms with Crippen LogP contribution in [0.15, 0.2) is 29.2 Å². The zero-order valence-corrected chi connectivity index (χ0v) is 11.9. The number of sulfonamides is 1. The van der Waals surface area contributed by atoms with E-state index in [0.717, 1.165) is 18.8 Å². The van der Waals surface area contributed by atoms with Gasteiger partial charge in [-0.25, -0.2) is 13.1 Å². The normalized spacial score (nSPS) is 15.4. The van der Waals surface area contributed by atoms with Crippen LogP contribution >= 0.6 is 0 Å². The summed E-state index contributed by atoms with van der Waals surface area (Å²) in [5.41, 5.74) is 0.521. The molecule has 0 bridgehead atoms. The van der Waals surface area contributed by atoms with Gasteiger partial charge in [0.1, 0.15) is 0 Å². The summed E-state index contributed by atoms with van der Waals surface area (Å²) in [5, 5.41) is 0. The van der Waals surface area contributed by atoms with Crippen LogP contribution in [0.2, 0.25) is 0 Å². The number of carbonyl (C=O) groups excluding carboxylic acids is 1. The average molecular weight is 281 g/mol. The molecule has 0 aliphatic heterocycles. The Labute approximate surface area is 114 Å². The molecule has 1 saturated carbocycles. The lowest BCUT2D eigenvalue weighted by molar-refractivity contribution is 0.101. The first-order valence-corrected chi connectivity index (χ1v) is 8.08. The van der Waals surface area contributed by atoms with Gasteiger partial charge in [-0.3, -0.25) is 4.79 Å². The molecular weight excluding hydrogens is 262 g/mol. The molecule has 104 valence electrons. The third-order valence-electron chi connectivity index (χ3n) is 3.35. The quantitative estimate of drug-likeness (QED) is 0.616. The average Bonchev–Trinajstić information content (AvgIpc) is 3.19. The highest BCUT2D eigenvalue weighted by Gasteiger charge is 2.20. The molecule has 1 N–H and O–H groups in total. The number of rotatable bonds is 7. The maximum Gasteiger partial charge on any atom is 0.240 e. The highest BCUT2D eigenvalue weighted by molar-refractivity contribution is 7.89. The summed E-state index contributed by atoms with van der Waals surface area (Å²) in [4.78, 5) is 11.3. The third kappa shape index (κ3) is 4.14. The molecule has 0 heterocycles.